The molecule has 0 aromatic carbocycles. The second-order valence-electron chi connectivity index (χ2n) is 0.250. The summed E-state index contributed by atoms with van der Waals surface area (Å²) in [5.41, 5.74) is 0. The zero-order valence-corrected chi connectivity index (χ0v) is 7.70. The molecule has 26 valence electrons. The Balaban J connectivity index is -0.0000000450. The van der Waals surface area contributed by atoms with Crippen LogP contribution in [0.1, 0.15) is 0 Å². The van der Waals surface area contributed by atoms with Gasteiger partial charge in [-0.2, -0.15) is 0 Å². The summed E-state index contributed by atoms with van der Waals surface area (Å²) in [6.45, 7) is 0. The van der Waals surface area contributed by atoms with Crippen molar-refractivity contribution < 1.29 is 35.8 Å². The zero-order valence-electron chi connectivity index (χ0n) is 2.93. The van der Waals surface area contributed by atoms with Gasteiger partial charge in [0.05, 0.1) is 0 Å². The fraction of sp³-hybridized carbons (Fsp3) is 0. The predicted octanol–water partition coefficient (Wildman–Crippen LogP) is -3.26. The normalized spacial score (nSPS) is 4.00. The Labute approximate surface area is 81.5 Å². The number of hydrogen-bond donors (Lipinski definition) is 0. The zero-order chi connectivity index (χ0) is 3.58. The van der Waals surface area contributed by atoms with E-state index in [1.165, 1.54) is 0 Å². The second kappa shape index (κ2) is 9.77. The minimum Gasteiger partial charge on any atom is -0.672 e. The molecule has 0 amide bonds. The van der Waals surface area contributed by atoms with Crippen LogP contribution >= 0.6 is 0 Å². The number of rotatable bonds is 0. The van der Waals surface area contributed by atoms with E-state index in [0.717, 1.165) is 0 Å². The van der Waals surface area contributed by atoms with E-state index in [-0.39, 0.29) is 59.5 Å². The molecule has 0 spiro atoms. The molecule has 0 radical (unpaired) electrons. The minimum atomic E-state index is -3.63. The largest absolute Gasteiger partial charge is 2.00 e. The third-order valence-electron chi connectivity index (χ3n) is 0. The van der Waals surface area contributed by atoms with E-state index in [0.29, 0.717) is 0 Å². The molecule has 0 saturated carbocycles. The predicted molar refractivity (Wildman–Crippen MR) is 12.2 cm³/mol. The molecule has 0 aromatic heterocycles. The molecule has 0 saturated heterocycles. The van der Waals surface area contributed by atoms with Gasteiger partial charge in [0.1, 0.15) is 0 Å². The van der Waals surface area contributed by atoms with E-state index in [1.807, 2.05) is 0 Å². The van der Waals surface area contributed by atoms with Gasteiger partial charge in [-0.3, -0.25) is 0 Å². The van der Waals surface area contributed by atoms with E-state index in [4.69, 9.17) is 14.1 Å². The fourth-order valence-electron chi connectivity index (χ4n) is 0. The maximum atomic E-state index is 8.52. The van der Waals surface area contributed by atoms with Crippen molar-refractivity contribution >= 4 is 46.9 Å². The topological polar surface area (TPSA) is 63.2 Å². The van der Waals surface area contributed by atoms with Crippen LogP contribution in [0.5, 0.6) is 0 Å². The molecule has 0 N–H and O–H groups in total. The molecule has 0 rings (SSSR count). The standard InChI is InChI=1S/Ca.O3Si.Ti/c;1-4(2)3;/q+2;-2;+2. The van der Waals surface area contributed by atoms with Crippen molar-refractivity contribution in [3.8, 4) is 0 Å². The molecule has 0 fully saturated rings. The maximum Gasteiger partial charge on any atom is 2.00 e. The summed E-state index contributed by atoms with van der Waals surface area (Å²) in [7, 11) is -3.63. The van der Waals surface area contributed by atoms with Gasteiger partial charge >= 0.3 is 59.5 Å². The maximum absolute atomic E-state index is 8.52. The minimum absolute atomic E-state index is 0. The van der Waals surface area contributed by atoms with Crippen LogP contribution in [0, 0.1) is 0 Å². The first-order valence-corrected chi connectivity index (χ1v) is 1.84. The van der Waals surface area contributed by atoms with Gasteiger partial charge in [-0.15, -0.1) is 0 Å². The average molecular weight is 164 g/mol. The second-order valence-corrected chi connectivity index (χ2v) is 0.750. The van der Waals surface area contributed by atoms with Crippen LogP contribution in [-0.2, 0) is 26.2 Å². The van der Waals surface area contributed by atoms with Gasteiger partial charge in [0.15, 0.2) is 0 Å². The van der Waals surface area contributed by atoms with Gasteiger partial charge in [0, 0.05) is 9.17 Å². The van der Waals surface area contributed by atoms with Crippen LogP contribution in [-0.4, -0.2) is 46.9 Å². The first-order valence-electron chi connectivity index (χ1n) is 0.612. The molecule has 0 atom stereocenters. The van der Waals surface area contributed by atoms with Crippen LogP contribution in [0.3, 0.4) is 0 Å². The Kier molecular flexibility index (Phi) is 25.5. The van der Waals surface area contributed by atoms with Crippen molar-refractivity contribution in [2.24, 2.45) is 0 Å². The molecular weight excluding hydrogens is 164 g/mol. The van der Waals surface area contributed by atoms with Crippen LogP contribution < -0.4 is 9.59 Å². The third-order valence-corrected chi connectivity index (χ3v) is 0. The molecule has 0 aliphatic rings. The van der Waals surface area contributed by atoms with Crippen LogP contribution in [0.15, 0.2) is 0 Å². The molecule has 0 heterocycles. The molecular formula is CaO3SiTi+2. The van der Waals surface area contributed by atoms with E-state index >= 15 is 0 Å². The Morgan fingerprint density at radius 1 is 1.33 bits per heavy atom. The Bertz CT molecular complexity index is 33.8. The summed E-state index contributed by atoms with van der Waals surface area (Å²) in [5.74, 6) is 0. The van der Waals surface area contributed by atoms with E-state index in [2.05, 4.69) is 0 Å². The van der Waals surface area contributed by atoms with Gasteiger partial charge < -0.3 is 14.1 Å². The van der Waals surface area contributed by atoms with Crippen molar-refractivity contribution in [3.63, 3.8) is 0 Å². The van der Waals surface area contributed by atoms with Gasteiger partial charge in [-0.25, -0.2) is 0 Å². The monoisotopic (exact) mass is 164 g/mol. The van der Waals surface area contributed by atoms with Crippen molar-refractivity contribution in [1.82, 2.24) is 0 Å². The fourth-order valence-corrected chi connectivity index (χ4v) is 0. The summed E-state index contributed by atoms with van der Waals surface area (Å²) in [6.07, 6.45) is 0. The van der Waals surface area contributed by atoms with Gasteiger partial charge in [-0.1, -0.05) is 0 Å². The van der Waals surface area contributed by atoms with Crippen molar-refractivity contribution in [3.05, 3.63) is 0 Å². The summed E-state index contributed by atoms with van der Waals surface area (Å²) >= 11 is 0. The smallest absolute Gasteiger partial charge is 0.672 e. The molecule has 6 heteroatoms. The Morgan fingerprint density at radius 2 is 1.33 bits per heavy atom. The molecule has 0 aliphatic heterocycles. The average Bonchev–Trinajstić information content (AvgIpc) is 0.811. The molecule has 6 heavy (non-hydrogen) atoms. The van der Waals surface area contributed by atoms with E-state index < -0.39 is 9.17 Å². The molecule has 0 aliphatic carbocycles. The molecule has 0 aromatic rings. The molecule has 3 nitrogen and oxygen atoms in total. The third kappa shape index (κ3) is 46.6. The van der Waals surface area contributed by atoms with Gasteiger partial charge in [0.25, 0.3) is 0 Å². The van der Waals surface area contributed by atoms with Gasteiger partial charge in [0.2, 0.25) is 0 Å². The number of hydrogen-bond acceptors (Lipinski definition) is 3. The first kappa shape index (κ1) is 15.6. The van der Waals surface area contributed by atoms with Crippen LogP contribution in [0.2, 0.25) is 0 Å². The Morgan fingerprint density at radius 3 is 1.33 bits per heavy atom. The van der Waals surface area contributed by atoms with Crippen LogP contribution in [0.4, 0.5) is 0 Å². The Hall–Kier alpha value is 1.59. The van der Waals surface area contributed by atoms with Crippen molar-refractivity contribution in [2.45, 2.75) is 0 Å². The summed E-state index contributed by atoms with van der Waals surface area (Å²) in [4.78, 5) is 17.0. The van der Waals surface area contributed by atoms with Crippen molar-refractivity contribution in [2.75, 3.05) is 0 Å². The summed E-state index contributed by atoms with van der Waals surface area (Å²) < 4.78 is 8.52. The van der Waals surface area contributed by atoms with E-state index in [1.54, 1.807) is 0 Å². The van der Waals surface area contributed by atoms with Gasteiger partial charge in [-0.05, 0) is 0 Å². The molecule has 0 unspecified atom stereocenters. The van der Waals surface area contributed by atoms with Crippen LogP contribution in [0.25, 0.3) is 0 Å². The van der Waals surface area contributed by atoms with E-state index in [9.17, 15) is 0 Å². The SMILES string of the molecule is O=[Si]([O-])[O-].[Ca+2].[Ti+2]. The molecule has 0 bridgehead atoms. The first-order chi connectivity index (χ1) is 1.73. The summed E-state index contributed by atoms with van der Waals surface area (Å²) in [6, 6.07) is 0. The van der Waals surface area contributed by atoms with Crippen molar-refractivity contribution in [1.29, 1.82) is 0 Å². The quantitative estimate of drug-likeness (QED) is 0.353. The summed E-state index contributed by atoms with van der Waals surface area (Å²) in [5, 5.41) is 0.